The van der Waals surface area contributed by atoms with Gasteiger partial charge in [0.15, 0.2) is 0 Å². The van der Waals surface area contributed by atoms with Gasteiger partial charge in [0.25, 0.3) is 7.82 Å². The minimum atomic E-state index is -4.45. The second kappa shape index (κ2) is 14.0. The molecule has 0 saturated heterocycles. The molecule has 0 bridgehead atoms. The van der Waals surface area contributed by atoms with E-state index in [-0.39, 0.29) is 31.3 Å². The molecule has 0 aromatic rings. The summed E-state index contributed by atoms with van der Waals surface area (Å²) >= 11 is 0. The number of aliphatic hydroxyl groups excluding tert-OH is 2. The van der Waals surface area contributed by atoms with Crippen molar-refractivity contribution in [2.75, 3.05) is 46.5 Å². The fourth-order valence-electron chi connectivity index (χ4n) is 10.1. The maximum Gasteiger partial charge on any atom is 0.268 e. The molecule has 0 spiro atoms. The van der Waals surface area contributed by atoms with Crippen LogP contribution in [0.15, 0.2) is 11.6 Å². The van der Waals surface area contributed by atoms with E-state index in [1.54, 1.807) is 0 Å². The Kier molecular flexibility index (Phi) is 11.5. The molecule has 0 heterocycles. The first-order valence-electron chi connectivity index (χ1n) is 17.2. The van der Waals surface area contributed by atoms with Crippen LogP contribution in [-0.4, -0.2) is 67.3 Å². The van der Waals surface area contributed by atoms with Crippen molar-refractivity contribution >= 4 is 7.82 Å². The summed E-state index contributed by atoms with van der Waals surface area (Å²) in [5.41, 5.74) is 2.03. The van der Waals surface area contributed by atoms with Crippen molar-refractivity contribution in [1.82, 2.24) is 0 Å². The highest BCUT2D eigenvalue weighted by molar-refractivity contribution is 7.45. The zero-order chi connectivity index (χ0) is 30.8. The first-order chi connectivity index (χ1) is 19.8. The summed E-state index contributed by atoms with van der Waals surface area (Å²) in [4.78, 5) is 12.8. The third kappa shape index (κ3) is 7.57. The molecule has 0 radical (unpaired) electrons. The van der Waals surface area contributed by atoms with Crippen LogP contribution in [0.4, 0.5) is 0 Å². The number of allylic oxidation sites excluding steroid dienone is 1. The molecule has 2 N–H and O–H groups in total. The van der Waals surface area contributed by atoms with Gasteiger partial charge in [-0.25, -0.2) is 0 Å². The number of phosphoric ester groups is 1. The van der Waals surface area contributed by atoms with Crippen LogP contribution in [0.1, 0.15) is 105 Å². The van der Waals surface area contributed by atoms with E-state index in [9.17, 15) is 19.7 Å². The van der Waals surface area contributed by atoms with Crippen LogP contribution in [0.3, 0.4) is 0 Å². The predicted octanol–water partition coefficient (Wildman–Crippen LogP) is 6.33. The minimum Gasteiger partial charge on any atom is -0.756 e. The maximum atomic E-state index is 12.8. The fraction of sp³-hybridized carbons (Fsp3) is 0.941. The van der Waals surface area contributed by atoms with Gasteiger partial charge < -0.3 is 28.6 Å². The smallest absolute Gasteiger partial charge is 0.268 e. The Morgan fingerprint density at radius 1 is 1.02 bits per heavy atom. The first kappa shape index (κ1) is 34.6. The van der Waals surface area contributed by atoms with E-state index in [1.165, 1.54) is 50.5 Å². The second-order valence-corrected chi connectivity index (χ2v) is 17.1. The standard InChI is InChI=1S/C34H62NO6P/c1-25(2)8-7-9-26(3)30-12-13-31-29-11-10-27-24-28(14-16-33(27,4)32(29)15-17-34(30,31)5)41-42(38,39)40-23-20-35(6,18-21-36)19-22-37/h10,25-26,28-32,36-37H,7-9,11-24H2,1-6H3/t26-,28+,29+,30-,31+,32+,33+,34-/m1/s1. The summed E-state index contributed by atoms with van der Waals surface area (Å²) in [7, 11) is -2.57. The summed E-state index contributed by atoms with van der Waals surface area (Å²) < 4.78 is 24.0. The highest BCUT2D eigenvalue weighted by Gasteiger charge is 2.59. The third-order valence-corrected chi connectivity index (χ3v) is 13.8. The molecule has 8 heteroatoms. The lowest BCUT2D eigenvalue weighted by Gasteiger charge is -2.58. The number of likely N-dealkylation sites (N-methyl/N-ethyl adjacent to an activating group) is 1. The van der Waals surface area contributed by atoms with Crippen molar-refractivity contribution in [2.24, 2.45) is 46.3 Å². The summed E-state index contributed by atoms with van der Waals surface area (Å²) in [6.45, 7) is 13.5. The molecule has 4 aliphatic carbocycles. The number of nitrogens with zero attached hydrogens (tertiary/aromatic N) is 1. The molecule has 4 aliphatic rings. The average Bonchev–Trinajstić information content (AvgIpc) is 3.26. The van der Waals surface area contributed by atoms with Crippen LogP contribution >= 0.6 is 7.82 Å². The number of hydrogen-bond acceptors (Lipinski definition) is 6. The summed E-state index contributed by atoms with van der Waals surface area (Å²) in [5.74, 6) is 4.72. The van der Waals surface area contributed by atoms with E-state index in [0.29, 0.717) is 41.9 Å². The molecule has 0 aromatic heterocycles. The predicted molar refractivity (Wildman–Crippen MR) is 166 cm³/mol. The molecule has 3 fully saturated rings. The highest BCUT2D eigenvalue weighted by atomic mass is 31.2. The number of rotatable bonds is 15. The molecule has 9 atom stereocenters. The lowest BCUT2D eigenvalue weighted by Crippen LogP contribution is -2.51. The molecular formula is C34H62NO6P. The van der Waals surface area contributed by atoms with Crippen molar-refractivity contribution in [3.63, 3.8) is 0 Å². The van der Waals surface area contributed by atoms with E-state index < -0.39 is 7.82 Å². The summed E-state index contributed by atoms with van der Waals surface area (Å²) in [6, 6.07) is 0. The summed E-state index contributed by atoms with van der Waals surface area (Å²) in [5, 5.41) is 18.7. The Hall–Kier alpha value is -0.270. The molecule has 4 rings (SSSR count). The van der Waals surface area contributed by atoms with E-state index in [0.717, 1.165) is 48.9 Å². The number of fused-ring (bicyclic) bond motifs is 5. The van der Waals surface area contributed by atoms with Crippen LogP contribution in [0.2, 0.25) is 0 Å². The van der Waals surface area contributed by atoms with Gasteiger partial charge in [0.1, 0.15) is 26.2 Å². The van der Waals surface area contributed by atoms with Gasteiger partial charge in [-0.15, -0.1) is 0 Å². The molecule has 244 valence electrons. The van der Waals surface area contributed by atoms with E-state index in [2.05, 4.69) is 40.7 Å². The van der Waals surface area contributed by atoms with Crippen LogP contribution < -0.4 is 4.89 Å². The second-order valence-electron chi connectivity index (χ2n) is 15.8. The molecule has 1 unspecified atom stereocenters. The lowest BCUT2D eigenvalue weighted by molar-refractivity contribution is -0.910. The SMILES string of the molecule is CC(C)CCC[C@@H](C)[C@H]1CC[C@H]2[C@@H]3CC=C4C[C@@H](OP(=O)([O-])OCC[N+](C)(CCO)CCO)CC[C@]4(C)[C@H]3CC[C@]12C. The van der Waals surface area contributed by atoms with Crippen LogP contribution in [-0.2, 0) is 13.6 Å². The number of aliphatic hydroxyl groups is 2. The first-order valence-corrected chi connectivity index (χ1v) is 18.6. The Bertz CT molecular complexity index is 966. The molecule has 42 heavy (non-hydrogen) atoms. The molecule has 7 nitrogen and oxygen atoms in total. The van der Waals surface area contributed by atoms with Crippen molar-refractivity contribution in [3.8, 4) is 0 Å². The Morgan fingerprint density at radius 3 is 2.40 bits per heavy atom. The molecule has 0 amide bonds. The van der Waals surface area contributed by atoms with Crippen LogP contribution in [0.5, 0.6) is 0 Å². The van der Waals surface area contributed by atoms with Crippen LogP contribution in [0.25, 0.3) is 0 Å². The largest absolute Gasteiger partial charge is 0.756 e. The maximum absolute atomic E-state index is 12.8. The Morgan fingerprint density at radius 2 is 1.74 bits per heavy atom. The fourth-order valence-corrected chi connectivity index (χ4v) is 11.1. The quantitative estimate of drug-likeness (QED) is 0.128. The Balaban J connectivity index is 1.35. The van der Waals surface area contributed by atoms with E-state index in [1.807, 2.05) is 7.05 Å². The van der Waals surface area contributed by atoms with Crippen LogP contribution in [0, 0.1) is 46.3 Å². The van der Waals surface area contributed by atoms with Gasteiger partial charge in [-0.05, 0) is 97.7 Å². The number of hydrogen-bond donors (Lipinski definition) is 2. The van der Waals surface area contributed by atoms with Gasteiger partial charge in [-0.2, -0.15) is 0 Å². The normalized spacial score (nSPS) is 37.0. The van der Waals surface area contributed by atoms with Gasteiger partial charge in [0.05, 0.1) is 26.4 Å². The average molecular weight is 612 g/mol. The van der Waals surface area contributed by atoms with E-state index >= 15 is 0 Å². The van der Waals surface area contributed by atoms with E-state index in [4.69, 9.17) is 9.05 Å². The number of quaternary nitrogens is 1. The van der Waals surface area contributed by atoms with Crippen molar-refractivity contribution in [3.05, 3.63) is 11.6 Å². The van der Waals surface area contributed by atoms with Gasteiger partial charge in [-0.3, -0.25) is 4.57 Å². The zero-order valence-corrected chi connectivity index (χ0v) is 28.5. The molecular weight excluding hydrogens is 549 g/mol. The summed E-state index contributed by atoms with van der Waals surface area (Å²) in [6.07, 6.45) is 15.1. The third-order valence-electron chi connectivity index (χ3n) is 12.7. The lowest BCUT2D eigenvalue weighted by atomic mass is 9.47. The molecule has 3 saturated carbocycles. The van der Waals surface area contributed by atoms with Gasteiger partial charge >= 0.3 is 0 Å². The van der Waals surface area contributed by atoms with Crippen molar-refractivity contribution < 1.29 is 33.2 Å². The van der Waals surface area contributed by atoms with Crippen molar-refractivity contribution in [1.29, 1.82) is 0 Å². The van der Waals surface area contributed by atoms with Gasteiger partial charge in [0, 0.05) is 0 Å². The van der Waals surface area contributed by atoms with Gasteiger partial charge in [0.2, 0.25) is 0 Å². The Labute approximate surface area is 256 Å². The monoisotopic (exact) mass is 611 g/mol. The van der Waals surface area contributed by atoms with Gasteiger partial charge in [-0.1, -0.05) is 65.5 Å². The topological polar surface area (TPSA) is 99.1 Å². The molecule has 0 aromatic carbocycles. The minimum absolute atomic E-state index is 0.0222. The zero-order valence-electron chi connectivity index (χ0n) is 27.6. The number of phosphoric acid groups is 1. The molecule has 0 aliphatic heterocycles. The highest BCUT2D eigenvalue weighted by Crippen LogP contribution is 2.67. The van der Waals surface area contributed by atoms with Crippen molar-refractivity contribution in [2.45, 2.75) is 111 Å².